The molecule has 0 fully saturated rings. The first-order valence-electron chi connectivity index (χ1n) is 6.88. The molecule has 0 unspecified atom stereocenters. The third-order valence-corrected chi connectivity index (χ3v) is 2.92. The molecular weight excluding hydrogens is 310 g/mol. The zero-order valence-electron chi connectivity index (χ0n) is 12.4. The number of carboxylic acids is 1. The zero-order chi connectivity index (χ0) is 17.4. The number of nitro groups is 1. The zero-order valence-corrected chi connectivity index (χ0v) is 12.4. The van der Waals surface area contributed by atoms with Gasteiger partial charge in [0.05, 0.1) is 21.9 Å². The number of aromatic nitrogens is 2. The van der Waals surface area contributed by atoms with Crippen LogP contribution >= 0.6 is 0 Å². The van der Waals surface area contributed by atoms with E-state index in [0.29, 0.717) is 0 Å². The van der Waals surface area contributed by atoms with Gasteiger partial charge in [0, 0.05) is 24.5 Å². The van der Waals surface area contributed by atoms with Crippen molar-refractivity contribution in [2.75, 3.05) is 0 Å². The van der Waals surface area contributed by atoms with Crippen molar-refractivity contribution in [1.29, 1.82) is 0 Å². The van der Waals surface area contributed by atoms with Crippen LogP contribution in [0, 0.1) is 10.1 Å². The molecule has 2 heterocycles. The smallest absolute Gasteiger partial charge is 0.335 e. The first-order valence-corrected chi connectivity index (χ1v) is 6.88. The number of nitrogens with zero attached hydrogens (tertiary/aromatic N) is 3. The van der Waals surface area contributed by atoms with Gasteiger partial charge < -0.3 is 5.11 Å². The third kappa shape index (κ3) is 4.70. The van der Waals surface area contributed by atoms with Crippen LogP contribution in [0.25, 0.3) is 11.4 Å². The number of pyridine rings is 2. The standard InChI is InChI=1S/C10H8N2.C7H5NO4/c1-3-7-11-9(5-1)10-6-2-4-8-12-10;9-7(10)5-1-3-6(4-2-5)8(11)12/h1-8H;1-4H,(H,9,10). The third-order valence-electron chi connectivity index (χ3n) is 2.92. The molecule has 0 spiro atoms. The highest BCUT2D eigenvalue weighted by atomic mass is 16.6. The normalized spacial score (nSPS) is 9.50. The number of nitro benzene ring substituents is 1. The van der Waals surface area contributed by atoms with E-state index in [1.165, 1.54) is 12.1 Å². The summed E-state index contributed by atoms with van der Waals surface area (Å²) in [5, 5.41) is 18.6. The van der Waals surface area contributed by atoms with Gasteiger partial charge in [0.25, 0.3) is 5.69 Å². The van der Waals surface area contributed by atoms with E-state index < -0.39 is 10.9 Å². The van der Waals surface area contributed by atoms with Crippen molar-refractivity contribution in [3.05, 3.63) is 88.7 Å². The molecule has 0 aliphatic rings. The van der Waals surface area contributed by atoms with E-state index in [-0.39, 0.29) is 11.3 Å². The fourth-order valence-electron chi connectivity index (χ4n) is 1.75. The number of hydrogen-bond acceptors (Lipinski definition) is 5. The molecule has 7 nitrogen and oxygen atoms in total. The summed E-state index contributed by atoms with van der Waals surface area (Å²) in [5.41, 5.74) is 1.76. The molecule has 2 aromatic heterocycles. The second-order valence-corrected chi connectivity index (χ2v) is 4.54. The van der Waals surface area contributed by atoms with Crippen LogP contribution in [0.15, 0.2) is 73.1 Å². The second-order valence-electron chi connectivity index (χ2n) is 4.54. The Bertz CT molecular complexity index is 736. The lowest BCUT2D eigenvalue weighted by atomic mass is 10.2. The van der Waals surface area contributed by atoms with Gasteiger partial charge in [0.2, 0.25) is 0 Å². The van der Waals surface area contributed by atoms with Crippen LogP contribution in [-0.2, 0) is 0 Å². The van der Waals surface area contributed by atoms with E-state index in [2.05, 4.69) is 9.97 Å². The lowest BCUT2D eigenvalue weighted by molar-refractivity contribution is -0.384. The molecule has 0 radical (unpaired) electrons. The maximum absolute atomic E-state index is 10.3. The Kier molecular flexibility index (Phi) is 5.68. The minimum atomic E-state index is -1.09. The van der Waals surface area contributed by atoms with Crippen LogP contribution < -0.4 is 0 Å². The average Bonchev–Trinajstić information content (AvgIpc) is 2.64. The largest absolute Gasteiger partial charge is 0.478 e. The van der Waals surface area contributed by atoms with E-state index >= 15 is 0 Å². The molecule has 0 saturated carbocycles. The van der Waals surface area contributed by atoms with Crippen molar-refractivity contribution in [2.24, 2.45) is 0 Å². The molecule has 3 rings (SSSR count). The average molecular weight is 323 g/mol. The molecule has 0 aliphatic heterocycles. The number of hydrogen-bond donors (Lipinski definition) is 1. The monoisotopic (exact) mass is 323 g/mol. The van der Waals surface area contributed by atoms with Crippen LogP contribution in [0.3, 0.4) is 0 Å². The summed E-state index contributed by atoms with van der Waals surface area (Å²) >= 11 is 0. The van der Waals surface area contributed by atoms with Crippen molar-refractivity contribution < 1.29 is 14.8 Å². The molecule has 0 atom stereocenters. The molecule has 7 heteroatoms. The summed E-state index contributed by atoms with van der Waals surface area (Å²) in [6.45, 7) is 0. The maximum Gasteiger partial charge on any atom is 0.335 e. The van der Waals surface area contributed by atoms with Crippen LogP contribution in [0.2, 0.25) is 0 Å². The summed E-state index contributed by atoms with van der Waals surface area (Å²) in [5.74, 6) is -1.09. The fourth-order valence-corrected chi connectivity index (χ4v) is 1.75. The Balaban J connectivity index is 0.000000174. The number of rotatable bonds is 3. The Hall–Kier alpha value is -3.61. The Morgan fingerprint density at radius 1 is 0.875 bits per heavy atom. The summed E-state index contributed by atoms with van der Waals surface area (Å²) in [6.07, 6.45) is 3.54. The van der Waals surface area contributed by atoms with Crippen LogP contribution in [0.1, 0.15) is 10.4 Å². The topological polar surface area (TPSA) is 106 Å². The Morgan fingerprint density at radius 3 is 1.71 bits per heavy atom. The minimum absolute atomic E-state index is 0.0422. The number of aromatic carboxylic acids is 1. The van der Waals surface area contributed by atoms with Gasteiger partial charge in [-0.15, -0.1) is 0 Å². The van der Waals surface area contributed by atoms with Gasteiger partial charge in [0.15, 0.2) is 0 Å². The van der Waals surface area contributed by atoms with Gasteiger partial charge in [-0.25, -0.2) is 4.79 Å². The second kappa shape index (κ2) is 8.14. The quantitative estimate of drug-likeness (QED) is 0.584. The summed E-state index contributed by atoms with van der Waals surface area (Å²) in [6, 6.07) is 16.3. The van der Waals surface area contributed by atoms with Crippen molar-refractivity contribution in [3.63, 3.8) is 0 Å². The first kappa shape index (κ1) is 16.8. The van der Waals surface area contributed by atoms with E-state index in [1.54, 1.807) is 12.4 Å². The van der Waals surface area contributed by atoms with Crippen molar-refractivity contribution in [2.45, 2.75) is 0 Å². The molecule has 24 heavy (non-hydrogen) atoms. The van der Waals surface area contributed by atoms with Gasteiger partial charge >= 0.3 is 5.97 Å². The van der Waals surface area contributed by atoms with Crippen molar-refractivity contribution >= 4 is 11.7 Å². The summed E-state index contributed by atoms with van der Waals surface area (Å²) in [4.78, 5) is 28.2. The molecular formula is C17H13N3O4. The highest BCUT2D eigenvalue weighted by Gasteiger charge is 2.06. The van der Waals surface area contributed by atoms with E-state index in [1.807, 2.05) is 36.4 Å². The molecule has 0 bridgehead atoms. The molecule has 0 amide bonds. The maximum atomic E-state index is 10.3. The molecule has 0 aliphatic carbocycles. The van der Waals surface area contributed by atoms with Crippen molar-refractivity contribution in [1.82, 2.24) is 9.97 Å². The van der Waals surface area contributed by atoms with Crippen molar-refractivity contribution in [3.8, 4) is 11.4 Å². The van der Waals surface area contributed by atoms with Gasteiger partial charge in [-0.1, -0.05) is 12.1 Å². The molecule has 1 N–H and O–H groups in total. The van der Waals surface area contributed by atoms with Crippen LogP contribution in [0.4, 0.5) is 5.69 Å². The van der Waals surface area contributed by atoms with E-state index in [9.17, 15) is 14.9 Å². The predicted octanol–water partition coefficient (Wildman–Crippen LogP) is 3.44. The molecule has 3 aromatic rings. The predicted molar refractivity (Wildman–Crippen MR) is 87.5 cm³/mol. The van der Waals surface area contributed by atoms with Gasteiger partial charge in [0.1, 0.15) is 0 Å². The van der Waals surface area contributed by atoms with Crippen LogP contribution in [-0.4, -0.2) is 26.0 Å². The minimum Gasteiger partial charge on any atom is -0.478 e. The Labute approximate surface area is 137 Å². The van der Waals surface area contributed by atoms with E-state index in [0.717, 1.165) is 23.5 Å². The fraction of sp³-hybridized carbons (Fsp3) is 0. The summed E-state index contributed by atoms with van der Waals surface area (Å²) in [7, 11) is 0. The van der Waals surface area contributed by atoms with Gasteiger partial charge in [-0.3, -0.25) is 20.1 Å². The number of carboxylic acid groups (broad SMARTS) is 1. The van der Waals surface area contributed by atoms with Crippen LogP contribution in [0.5, 0.6) is 0 Å². The highest BCUT2D eigenvalue weighted by Crippen LogP contribution is 2.12. The molecule has 120 valence electrons. The highest BCUT2D eigenvalue weighted by molar-refractivity contribution is 5.87. The van der Waals surface area contributed by atoms with Gasteiger partial charge in [-0.05, 0) is 36.4 Å². The lowest BCUT2D eigenvalue weighted by Gasteiger charge is -1.96. The van der Waals surface area contributed by atoms with Gasteiger partial charge in [-0.2, -0.15) is 0 Å². The molecule has 0 saturated heterocycles. The lowest BCUT2D eigenvalue weighted by Crippen LogP contribution is -1.96. The number of non-ortho nitro benzene ring substituents is 1. The number of carbonyl (C=O) groups is 1. The first-order chi connectivity index (χ1) is 11.6. The summed E-state index contributed by atoms with van der Waals surface area (Å²) < 4.78 is 0. The number of benzene rings is 1. The Morgan fingerprint density at radius 2 is 1.38 bits per heavy atom. The van der Waals surface area contributed by atoms with E-state index in [4.69, 9.17) is 5.11 Å². The SMILES string of the molecule is O=C(O)c1ccc([N+](=O)[O-])cc1.c1ccc(-c2ccccn2)nc1. The molecule has 1 aromatic carbocycles.